The van der Waals surface area contributed by atoms with E-state index in [1.54, 1.807) is 0 Å². The van der Waals surface area contributed by atoms with Crippen LogP contribution in [-0.2, 0) is 0 Å². The van der Waals surface area contributed by atoms with Gasteiger partial charge in [0, 0.05) is 33.4 Å². The third kappa shape index (κ3) is 4.05. The van der Waals surface area contributed by atoms with E-state index in [-0.39, 0.29) is 12.1 Å². The molecule has 2 atom stereocenters. The number of hydrogen-bond acceptors (Lipinski definition) is 2. The van der Waals surface area contributed by atoms with Crippen LogP contribution in [0.4, 0.5) is 5.69 Å². The maximum Gasteiger partial charge on any atom is 0.174 e. The highest BCUT2D eigenvalue weighted by Gasteiger charge is 2.42. The molecule has 0 aliphatic carbocycles. The standard InChI is InChI=1S/C28H27BrN4S/c1-17-12-18(2)14-23(13-17)33-27(26(31-28(33)34)25-10-5-6-11-30-25)24-15-19(3)32(20(24)4)22-9-7-8-21(29)16-22/h5-16,26-27H,1-4H3,(H,31,34)/t26-,27-/m0/s1. The van der Waals surface area contributed by atoms with Crippen LogP contribution >= 0.6 is 28.1 Å². The number of aryl methyl sites for hydroxylation is 3. The summed E-state index contributed by atoms with van der Waals surface area (Å²) in [5, 5.41) is 4.31. The fourth-order valence-corrected chi connectivity index (χ4v) is 5.87. The third-order valence-electron chi connectivity index (χ3n) is 6.44. The van der Waals surface area contributed by atoms with Crippen molar-refractivity contribution >= 4 is 38.9 Å². The van der Waals surface area contributed by atoms with Crippen molar-refractivity contribution in [2.45, 2.75) is 39.8 Å². The summed E-state index contributed by atoms with van der Waals surface area (Å²) in [6.07, 6.45) is 1.85. The van der Waals surface area contributed by atoms with Crippen LogP contribution in [0.5, 0.6) is 0 Å². The molecule has 34 heavy (non-hydrogen) atoms. The average Bonchev–Trinajstić information content (AvgIpc) is 3.29. The normalized spacial score (nSPS) is 17.8. The fraction of sp³-hybridized carbons (Fsp3) is 0.214. The van der Waals surface area contributed by atoms with E-state index in [0.29, 0.717) is 0 Å². The van der Waals surface area contributed by atoms with Crippen LogP contribution in [0.3, 0.4) is 0 Å². The summed E-state index contributed by atoms with van der Waals surface area (Å²) >= 11 is 9.56. The Morgan fingerprint density at radius 2 is 1.65 bits per heavy atom. The number of anilines is 1. The van der Waals surface area contributed by atoms with E-state index < -0.39 is 0 Å². The number of aromatic nitrogens is 2. The number of halogens is 1. The van der Waals surface area contributed by atoms with Gasteiger partial charge >= 0.3 is 0 Å². The summed E-state index contributed by atoms with van der Waals surface area (Å²) in [4.78, 5) is 6.97. The Hall–Kier alpha value is -2.96. The Balaban J connectivity index is 1.70. The summed E-state index contributed by atoms with van der Waals surface area (Å²) in [6, 6.07) is 23.3. The largest absolute Gasteiger partial charge is 0.351 e. The highest BCUT2D eigenvalue weighted by atomic mass is 79.9. The fourth-order valence-electron chi connectivity index (χ4n) is 5.14. The van der Waals surface area contributed by atoms with Crippen molar-refractivity contribution in [3.8, 4) is 5.69 Å². The zero-order valence-corrected chi connectivity index (χ0v) is 22.1. The third-order valence-corrected chi connectivity index (χ3v) is 7.25. The van der Waals surface area contributed by atoms with Gasteiger partial charge in [-0.2, -0.15) is 0 Å². The van der Waals surface area contributed by atoms with Crippen LogP contribution < -0.4 is 10.2 Å². The van der Waals surface area contributed by atoms with Gasteiger partial charge in [0.1, 0.15) is 0 Å². The minimum absolute atomic E-state index is 0.0318. The SMILES string of the molecule is Cc1cc(C)cc(N2C(=S)N[C@@H](c3ccccn3)[C@@H]2c2cc(C)n(-c3cccc(Br)c3)c2C)c1. The van der Waals surface area contributed by atoms with Gasteiger partial charge in [-0.1, -0.05) is 34.1 Å². The van der Waals surface area contributed by atoms with Crippen LogP contribution in [0.15, 0.2) is 77.4 Å². The van der Waals surface area contributed by atoms with E-state index >= 15 is 0 Å². The van der Waals surface area contributed by atoms with E-state index in [4.69, 9.17) is 17.2 Å². The quantitative estimate of drug-likeness (QED) is 0.286. The molecular formula is C28H27BrN4S. The molecule has 2 aromatic heterocycles. The molecule has 1 saturated heterocycles. The van der Waals surface area contributed by atoms with Crippen molar-refractivity contribution in [3.63, 3.8) is 0 Å². The second kappa shape index (κ2) is 9.01. The number of nitrogens with one attached hydrogen (secondary N) is 1. The molecule has 1 fully saturated rings. The van der Waals surface area contributed by atoms with Gasteiger partial charge in [-0.05, 0) is 105 Å². The first-order valence-electron chi connectivity index (χ1n) is 11.4. The maximum atomic E-state index is 5.93. The number of benzene rings is 2. The van der Waals surface area contributed by atoms with Crippen LogP contribution in [-0.4, -0.2) is 14.7 Å². The summed E-state index contributed by atoms with van der Waals surface area (Å²) in [6.45, 7) is 8.62. The highest BCUT2D eigenvalue weighted by molar-refractivity contribution is 9.10. The van der Waals surface area contributed by atoms with Gasteiger partial charge in [-0.25, -0.2) is 0 Å². The molecule has 1 N–H and O–H groups in total. The van der Waals surface area contributed by atoms with E-state index in [1.807, 2.05) is 18.3 Å². The van der Waals surface area contributed by atoms with Gasteiger partial charge in [0.25, 0.3) is 0 Å². The topological polar surface area (TPSA) is 33.1 Å². The van der Waals surface area contributed by atoms with Gasteiger partial charge in [0.15, 0.2) is 5.11 Å². The second-order valence-electron chi connectivity index (χ2n) is 8.98. The summed E-state index contributed by atoms with van der Waals surface area (Å²) in [5.74, 6) is 0. The first kappa shape index (κ1) is 22.8. The molecule has 5 rings (SSSR count). The number of thiocarbonyl (C=S) groups is 1. The number of hydrogen-bond donors (Lipinski definition) is 1. The van der Waals surface area contributed by atoms with E-state index in [0.717, 1.165) is 26.7 Å². The van der Waals surface area contributed by atoms with Crippen LogP contribution in [0.1, 0.15) is 45.9 Å². The Kier molecular flexibility index (Phi) is 6.04. The van der Waals surface area contributed by atoms with Crippen LogP contribution in [0, 0.1) is 27.7 Å². The molecule has 4 aromatic rings. The molecule has 0 radical (unpaired) electrons. The van der Waals surface area contributed by atoms with Crippen molar-refractivity contribution in [3.05, 3.63) is 111 Å². The monoisotopic (exact) mass is 530 g/mol. The Bertz CT molecular complexity index is 1360. The lowest BCUT2D eigenvalue weighted by Gasteiger charge is -2.29. The first-order valence-corrected chi connectivity index (χ1v) is 12.6. The molecule has 172 valence electrons. The predicted molar refractivity (Wildman–Crippen MR) is 147 cm³/mol. The number of rotatable bonds is 4. The lowest BCUT2D eigenvalue weighted by Crippen LogP contribution is -2.29. The zero-order valence-electron chi connectivity index (χ0n) is 19.7. The molecule has 0 amide bonds. The molecule has 0 spiro atoms. The molecule has 0 bridgehead atoms. The molecule has 0 unspecified atom stereocenters. The predicted octanol–water partition coefficient (Wildman–Crippen LogP) is 7.05. The van der Waals surface area contributed by atoms with Crippen molar-refractivity contribution in [2.24, 2.45) is 0 Å². The maximum absolute atomic E-state index is 5.93. The molecular weight excluding hydrogens is 504 g/mol. The molecule has 2 aromatic carbocycles. The molecule has 6 heteroatoms. The van der Waals surface area contributed by atoms with E-state index in [2.05, 4.69) is 113 Å². The smallest absolute Gasteiger partial charge is 0.174 e. The Labute approximate surface area is 214 Å². The highest BCUT2D eigenvalue weighted by Crippen LogP contribution is 2.44. The van der Waals surface area contributed by atoms with Crippen LogP contribution in [0.25, 0.3) is 5.69 Å². The van der Waals surface area contributed by atoms with Gasteiger partial charge < -0.3 is 14.8 Å². The summed E-state index contributed by atoms with van der Waals surface area (Å²) in [5.41, 5.74) is 9.27. The first-order chi connectivity index (χ1) is 16.3. The summed E-state index contributed by atoms with van der Waals surface area (Å²) < 4.78 is 3.38. The Morgan fingerprint density at radius 3 is 2.32 bits per heavy atom. The van der Waals surface area contributed by atoms with E-state index in [1.165, 1.54) is 28.1 Å². The molecule has 1 aliphatic rings. The molecule has 1 aliphatic heterocycles. The molecule has 4 nitrogen and oxygen atoms in total. The van der Waals surface area contributed by atoms with Gasteiger partial charge in [-0.15, -0.1) is 0 Å². The zero-order chi connectivity index (χ0) is 24.0. The van der Waals surface area contributed by atoms with Crippen molar-refractivity contribution < 1.29 is 0 Å². The lowest BCUT2D eigenvalue weighted by molar-refractivity contribution is 0.565. The molecule has 3 heterocycles. The Morgan fingerprint density at radius 1 is 0.882 bits per heavy atom. The van der Waals surface area contributed by atoms with E-state index in [9.17, 15) is 0 Å². The minimum Gasteiger partial charge on any atom is -0.351 e. The number of pyridine rings is 1. The summed E-state index contributed by atoms with van der Waals surface area (Å²) in [7, 11) is 0. The van der Waals surface area contributed by atoms with Crippen molar-refractivity contribution in [2.75, 3.05) is 4.90 Å². The number of nitrogens with zero attached hydrogens (tertiary/aromatic N) is 3. The second-order valence-corrected chi connectivity index (χ2v) is 10.3. The van der Waals surface area contributed by atoms with Crippen molar-refractivity contribution in [1.82, 2.24) is 14.9 Å². The minimum atomic E-state index is -0.0639. The van der Waals surface area contributed by atoms with Crippen molar-refractivity contribution in [1.29, 1.82) is 0 Å². The van der Waals surface area contributed by atoms with Gasteiger partial charge in [0.2, 0.25) is 0 Å². The molecule has 0 saturated carbocycles. The van der Waals surface area contributed by atoms with Gasteiger partial charge in [0.05, 0.1) is 17.8 Å². The van der Waals surface area contributed by atoms with Gasteiger partial charge in [-0.3, -0.25) is 4.98 Å². The average molecular weight is 532 g/mol. The van der Waals surface area contributed by atoms with Crippen LogP contribution in [0.2, 0.25) is 0 Å². The lowest BCUT2D eigenvalue weighted by atomic mass is 9.96.